The molecule has 0 radical (unpaired) electrons. The lowest BCUT2D eigenvalue weighted by molar-refractivity contribution is -0.153. The summed E-state index contributed by atoms with van der Waals surface area (Å²) in [5.74, 6) is -5.28. The van der Waals surface area contributed by atoms with E-state index in [0.29, 0.717) is 29.1 Å². The summed E-state index contributed by atoms with van der Waals surface area (Å²) in [4.78, 5) is 43.3. The van der Waals surface area contributed by atoms with Crippen LogP contribution in [0, 0.1) is 23.7 Å². The maximum atomic E-state index is 14.0. The van der Waals surface area contributed by atoms with E-state index < -0.39 is 58.0 Å². The van der Waals surface area contributed by atoms with Gasteiger partial charge in [0.05, 0.1) is 11.6 Å². The SMILES string of the molecule is CCN(Cc1cc(O)c2c(c1Cl)C[C@H]1C[C@H]3[C@H](N(C)C)C(=O)C(C(N)=O)=C(O)[C@@]3(O)C(=O)C1=C2O)[C@@H]1CC2CCC1C2. The molecule has 0 heterocycles. The Morgan fingerprint density at radius 3 is 2.43 bits per heavy atom. The standard InChI is InChI=1S/C31H38ClN3O7/c1-4-35(19-8-13-5-6-14(19)7-13)12-16-11-20(36)22-17(24(16)32)9-15-10-18-25(34(2)3)27(38)23(30(33)41)29(40)31(18,42)28(39)21(15)26(22)37/h11,13-15,18-19,25,36-37,40,42H,4-10,12H2,1-3H3,(H2,33,41)/t13?,14?,15-,18-,19+,25-,31-/m0/s1. The van der Waals surface area contributed by atoms with Gasteiger partial charge in [-0.05, 0) is 87.7 Å². The maximum Gasteiger partial charge on any atom is 0.255 e. The van der Waals surface area contributed by atoms with Crippen LogP contribution in [0.15, 0.2) is 23.0 Å². The average Bonchev–Trinajstić information content (AvgIpc) is 3.55. The summed E-state index contributed by atoms with van der Waals surface area (Å²) in [6.45, 7) is 3.49. The van der Waals surface area contributed by atoms with Crippen molar-refractivity contribution in [1.82, 2.24) is 9.80 Å². The van der Waals surface area contributed by atoms with Crippen LogP contribution in [0.1, 0.15) is 55.7 Å². The number of phenols is 1. The van der Waals surface area contributed by atoms with Gasteiger partial charge in [0.15, 0.2) is 11.4 Å². The van der Waals surface area contributed by atoms with Gasteiger partial charge in [0.1, 0.15) is 22.8 Å². The number of fused-ring (bicyclic) bond motifs is 5. The van der Waals surface area contributed by atoms with Crippen molar-refractivity contribution in [3.8, 4) is 5.75 Å². The van der Waals surface area contributed by atoms with Gasteiger partial charge in [-0.2, -0.15) is 0 Å². The zero-order valence-electron chi connectivity index (χ0n) is 24.1. The molecule has 5 aliphatic carbocycles. The number of hydrogen-bond donors (Lipinski definition) is 5. The van der Waals surface area contributed by atoms with Crippen molar-refractivity contribution in [3.05, 3.63) is 44.7 Å². The van der Waals surface area contributed by atoms with Crippen molar-refractivity contribution in [2.45, 2.75) is 69.7 Å². The van der Waals surface area contributed by atoms with Gasteiger partial charge in [0, 0.05) is 29.1 Å². The third kappa shape index (κ3) is 3.98. The fourth-order valence-electron chi connectivity index (χ4n) is 8.80. The predicted octanol–water partition coefficient (Wildman–Crippen LogP) is 2.63. The number of carbonyl (C=O) groups excluding carboxylic acids is 3. The van der Waals surface area contributed by atoms with Crippen molar-refractivity contribution in [1.29, 1.82) is 0 Å². The first-order chi connectivity index (χ1) is 19.8. The van der Waals surface area contributed by atoms with Crippen LogP contribution in [0.25, 0.3) is 5.76 Å². The highest BCUT2D eigenvalue weighted by molar-refractivity contribution is 6.32. The Bertz CT molecular complexity index is 1470. The number of Topliss-reactive ketones (excluding diaryl/α,β-unsaturated/α-hetero) is 2. The highest BCUT2D eigenvalue weighted by Gasteiger charge is 2.64. The van der Waals surface area contributed by atoms with Gasteiger partial charge < -0.3 is 26.2 Å². The van der Waals surface area contributed by atoms with E-state index in [-0.39, 0.29) is 29.7 Å². The van der Waals surface area contributed by atoms with Crippen molar-refractivity contribution < 1.29 is 34.8 Å². The second-order valence-electron chi connectivity index (χ2n) is 13.0. The van der Waals surface area contributed by atoms with E-state index in [4.69, 9.17) is 17.3 Å². The van der Waals surface area contributed by atoms with Gasteiger partial charge in [-0.3, -0.25) is 24.2 Å². The lowest BCUT2D eigenvalue weighted by Gasteiger charge is -2.50. The first-order valence-electron chi connectivity index (χ1n) is 14.7. The van der Waals surface area contributed by atoms with Gasteiger partial charge in [0.25, 0.3) is 5.91 Å². The summed E-state index contributed by atoms with van der Waals surface area (Å²) in [6.07, 6.45) is 5.16. The molecule has 3 saturated carbocycles. The minimum absolute atomic E-state index is 0.0167. The molecule has 10 nitrogen and oxygen atoms in total. The van der Waals surface area contributed by atoms with E-state index >= 15 is 0 Å². The minimum Gasteiger partial charge on any atom is -0.508 e. The number of benzene rings is 1. The Morgan fingerprint density at radius 2 is 1.86 bits per heavy atom. The highest BCUT2D eigenvalue weighted by atomic mass is 35.5. The molecule has 2 unspecified atom stereocenters. The van der Waals surface area contributed by atoms with E-state index in [0.717, 1.165) is 18.0 Å². The Balaban J connectivity index is 1.42. The van der Waals surface area contributed by atoms with Crippen LogP contribution in [0.4, 0.5) is 0 Å². The Morgan fingerprint density at radius 1 is 1.14 bits per heavy atom. The number of likely N-dealkylation sites (N-methyl/N-ethyl adjacent to an activating group) is 1. The third-order valence-corrected chi connectivity index (χ3v) is 11.1. The number of phenolic OH excluding ortho intramolecular Hbond substituents is 1. The molecule has 1 aromatic carbocycles. The molecular weight excluding hydrogens is 562 g/mol. The number of carbonyl (C=O) groups is 3. The normalized spacial score (nSPS) is 33.9. The summed E-state index contributed by atoms with van der Waals surface area (Å²) in [7, 11) is 3.15. The smallest absolute Gasteiger partial charge is 0.255 e. The van der Waals surface area contributed by atoms with Crippen molar-refractivity contribution in [2.24, 2.45) is 29.4 Å². The quantitative estimate of drug-likeness (QED) is 0.309. The molecule has 6 rings (SSSR count). The number of aliphatic hydroxyl groups is 3. The molecule has 1 amide bonds. The Labute approximate surface area is 249 Å². The predicted molar refractivity (Wildman–Crippen MR) is 155 cm³/mol. The summed E-state index contributed by atoms with van der Waals surface area (Å²) < 4.78 is 0. The zero-order valence-corrected chi connectivity index (χ0v) is 24.8. The number of rotatable bonds is 6. The summed E-state index contributed by atoms with van der Waals surface area (Å²) in [5.41, 5.74) is 2.96. The maximum absolute atomic E-state index is 14.0. The largest absolute Gasteiger partial charge is 0.508 e. The molecular formula is C31H38ClN3O7. The van der Waals surface area contributed by atoms with Gasteiger partial charge in [-0.25, -0.2) is 0 Å². The fourth-order valence-corrected chi connectivity index (χ4v) is 9.09. The first kappa shape index (κ1) is 29.2. The number of amides is 1. The molecule has 0 aromatic heterocycles. The number of halogens is 1. The van der Waals surface area contributed by atoms with E-state index in [1.807, 2.05) is 0 Å². The summed E-state index contributed by atoms with van der Waals surface area (Å²) in [5, 5.41) is 45.7. The van der Waals surface area contributed by atoms with E-state index in [9.17, 15) is 34.8 Å². The second kappa shape index (κ2) is 10.1. The molecule has 1 aromatic rings. The van der Waals surface area contributed by atoms with E-state index in [1.54, 1.807) is 14.1 Å². The van der Waals surface area contributed by atoms with Crippen LogP contribution in [-0.2, 0) is 27.3 Å². The van der Waals surface area contributed by atoms with Crippen LogP contribution >= 0.6 is 11.6 Å². The fraction of sp³-hybridized carbons (Fsp3) is 0.581. The van der Waals surface area contributed by atoms with Crippen LogP contribution in [0.2, 0.25) is 5.02 Å². The van der Waals surface area contributed by atoms with Crippen LogP contribution in [0.3, 0.4) is 0 Å². The number of nitrogens with two attached hydrogens (primary N) is 1. The lowest BCUT2D eigenvalue weighted by Crippen LogP contribution is -2.65. The van der Waals surface area contributed by atoms with Gasteiger partial charge >= 0.3 is 0 Å². The monoisotopic (exact) mass is 599 g/mol. The van der Waals surface area contributed by atoms with Gasteiger partial charge in [-0.1, -0.05) is 24.9 Å². The van der Waals surface area contributed by atoms with E-state index in [2.05, 4.69) is 11.8 Å². The zero-order chi connectivity index (χ0) is 30.4. The highest BCUT2D eigenvalue weighted by Crippen LogP contribution is 2.54. The number of primary amides is 1. The minimum atomic E-state index is -2.66. The molecule has 0 spiro atoms. The van der Waals surface area contributed by atoms with Gasteiger partial charge in [-0.15, -0.1) is 0 Å². The number of hydrogen-bond acceptors (Lipinski definition) is 9. The molecule has 6 N–H and O–H groups in total. The topological polar surface area (TPSA) is 165 Å². The van der Waals surface area contributed by atoms with Crippen molar-refractivity contribution in [3.63, 3.8) is 0 Å². The van der Waals surface area contributed by atoms with Gasteiger partial charge in [0.2, 0.25) is 5.78 Å². The number of nitrogens with zero attached hydrogens (tertiary/aromatic N) is 2. The lowest BCUT2D eigenvalue weighted by atomic mass is 9.57. The molecule has 226 valence electrons. The van der Waals surface area contributed by atoms with E-state index in [1.165, 1.54) is 36.6 Å². The molecule has 0 saturated heterocycles. The van der Waals surface area contributed by atoms with Crippen molar-refractivity contribution >= 4 is 34.8 Å². The summed E-state index contributed by atoms with van der Waals surface area (Å²) in [6, 6.07) is 0.870. The number of aliphatic hydroxyl groups excluding tert-OH is 2. The molecule has 42 heavy (non-hydrogen) atoms. The van der Waals surface area contributed by atoms with Crippen LogP contribution in [0.5, 0.6) is 5.75 Å². The Hall–Kier alpha value is -2.92. The molecule has 5 aliphatic rings. The van der Waals surface area contributed by atoms with Crippen LogP contribution in [-0.4, -0.2) is 86.0 Å². The molecule has 11 heteroatoms. The third-order valence-electron chi connectivity index (χ3n) is 10.7. The summed E-state index contributed by atoms with van der Waals surface area (Å²) >= 11 is 7.00. The Kier molecular flexibility index (Phi) is 7.00. The first-order valence-corrected chi connectivity index (χ1v) is 15.1. The average molecular weight is 600 g/mol. The number of aromatic hydroxyl groups is 1. The number of ketones is 2. The molecule has 0 aliphatic heterocycles. The molecule has 2 bridgehead atoms. The van der Waals surface area contributed by atoms with Crippen molar-refractivity contribution in [2.75, 3.05) is 20.6 Å². The van der Waals surface area contributed by atoms with Crippen LogP contribution < -0.4 is 5.73 Å². The molecule has 7 atom stereocenters. The molecule has 3 fully saturated rings. The second-order valence-corrected chi connectivity index (χ2v) is 13.4.